The monoisotopic (exact) mass is 510 g/mol. The van der Waals surface area contributed by atoms with Gasteiger partial charge >= 0.3 is 0 Å². The molecule has 1 aromatic heterocycles. The van der Waals surface area contributed by atoms with Crippen molar-refractivity contribution in [1.82, 2.24) is 10.3 Å². The van der Waals surface area contributed by atoms with Gasteiger partial charge in [0.05, 0.1) is 18.8 Å². The van der Waals surface area contributed by atoms with Crippen molar-refractivity contribution in [3.8, 4) is 27.5 Å². The van der Waals surface area contributed by atoms with E-state index in [-0.39, 0.29) is 11.9 Å². The van der Waals surface area contributed by atoms with Crippen LogP contribution < -0.4 is 19.5 Å². The van der Waals surface area contributed by atoms with Crippen LogP contribution in [0, 0.1) is 12.3 Å². The fraction of sp³-hybridized carbons (Fsp3) is 0.448. The number of thiazole rings is 1. The zero-order valence-electron chi connectivity index (χ0n) is 22.2. The first-order chi connectivity index (χ1) is 17.3. The van der Waals surface area contributed by atoms with Crippen molar-refractivity contribution in [3.63, 3.8) is 0 Å². The predicted octanol–water partition coefficient (Wildman–Crippen LogP) is 8.22. The van der Waals surface area contributed by atoms with Gasteiger partial charge < -0.3 is 19.5 Å². The van der Waals surface area contributed by atoms with Crippen LogP contribution in [0.4, 0.5) is 0 Å². The molecule has 0 fully saturated rings. The highest BCUT2D eigenvalue weighted by Gasteiger charge is 2.23. The number of aryl methyl sites for hydroxylation is 1. The van der Waals surface area contributed by atoms with Gasteiger partial charge in [-0.2, -0.15) is 0 Å². The lowest BCUT2D eigenvalue weighted by Crippen LogP contribution is -2.23. The van der Waals surface area contributed by atoms with Gasteiger partial charge in [0.15, 0.2) is 0 Å². The van der Waals surface area contributed by atoms with Crippen molar-refractivity contribution >= 4 is 17.2 Å². The van der Waals surface area contributed by atoms with Crippen LogP contribution in [0.25, 0.3) is 0 Å². The highest BCUT2D eigenvalue weighted by atomic mass is 32.1. The Balaban J connectivity index is 1.55. The van der Waals surface area contributed by atoms with Crippen molar-refractivity contribution in [3.05, 3.63) is 59.8 Å². The SMILES string of the molecule is CCC(CC)(CC)CCOc1ccc(Oc2ncc(Oc3ccc(C(C)NC(C)=O)cc3)s2)c(C)c1. The van der Waals surface area contributed by atoms with Gasteiger partial charge in [-0.1, -0.05) is 52.2 Å². The third-order valence-corrected chi connectivity index (χ3v) is 7.73. The van der Waals surface area contributed by atoms with Gasteiger partial charge in [0.25, 0.3) is 5.19 Å². The molecule has 7 heteroatoms. The Morgan fingerprint density at radius 3 is 2.31 bits per heavy atom. The van der Waals surface area contributed by atoms with Crippen LogP contribution in [0.5, 0.6) is 27.5 Å². The number of aromatic nitrogens is 1. The van der Waals surface area contributed by atoms with E-state index in [4.69, 9.17) is 14.2 Å². The molecule has 1 amide bonds. The second-order valence-electron chi connectivity index (χ2n) is 9.23. The van der Waals surface area contributed by atoms with Crippen molar-refractivity contribution in [2.24, 2.45) is 5.41 Å². The van der Waals surface area contributed by atoms with Gasteiger partial charge in [-0.25, -0.2) is 4.98 Å². The first-order valence-corrected chi connectivity index (χ1v) is 13.5. The molecule has 1 unspecified atom stereocenters. The zero-order valence-corrected chi connectivity index (χ0v) is 23.0. The fourth-order valence-corrected chi connectivity index (χ4v) is 4.91. The summed E-state index contributed by atoms with van der Waals surface area (Å²) in [5.74, 6) is 2.24. The normalized spacial score (nSPS) is 12.2. The van der Waals surface area contributed by atoms with Crippen molar-refractivity contribution in [2.45, 2.75) is 73.3 Å². The lowest BCUT2D eigenvalue weighted by atomic mass is 9.77. The minimum atomic E-state index is -0.0578. The van der Waals surface area contributed by atoms with Gasteiger partial charge in [0.2, 0.25) is 11.0 Å². The van der Waals surface area contributed by atoms with Gasteiger partial charge in [-0.3, -0.25) is 4.79 Å². The molecule has 1 heterocycles. The Bertz CT molecular complexity index is 1110. The van der Waals surface area contributed by atoms with E-state index in [1.807, 2.05) is 56.3 Å². The van der Waals surface area contributed by atoms with E-state index >= 15 is 0 Å². The average Bonchev–Trinajstić information content (AvgIpc) is 3.30. The summed E-state index contributed by atoms with van der Waals surface area (Å²) in [6.45, 7) is 13.0. The van der Waals surface area contributed by atoms with E-state index in [0.29, 0.717) is 21.4 Å². The molecule has 6 nitrogen and oxygen atoms in total. The molecule has 3 aromatic rings. The number of benzene rings is 2. The fourth-order valence-electron chi connectivity index (χ4n) is 4.25. The van der Waals surface area contributed by atoms with E-state index < -0.39 is 0 Å². The molecule has 0 saturated heterocycles. The Morgan fingerprint density at radius 2 is 1.69 bits per heavy atom. The summed E-state index contributed by atoms with van der Waals surface area (Å²) in [5.41, 5.74) is 2.37. The summed E-state index contributed by atoms with van der Waals surface area (Å²) in [6, 6.07) is 13.5. The number of carbonyl (C=O) groups is 1. The molecule has 0 bridgehead atoms. The Hall–Kier alpha value is -3.06. The maximum Gasteiger partial charge on any atom is 0.282 e. The highest BCUT2D eigenvalue weighted by Crippen LogP contribution is 2.37. The summed E-state index contributed by atoms with van der Waals surface area (Å²) < 4.78 is 18.0. The van der Waals surface area contributed by atoms with Crippen LogP contribution in [0.1, 0.15) is 77.5 Å². The lowest BCUT2D eigenvalue weighted by Gasteiger charge is -2.30. The molecule has 194 valence electrons. The zero-order chi connectivity index (χ0) is 26.1. The van der Waals surface area contributed by atoms with E-state index in [0.717, 1.165) is 35.7 Å². The van der Waals surface area contributed by atoms with E-state index in [1.54, 1.807) is 6.20 Å². The van der Waals surface area contributed by atoms with E-state index in [9.17, 15) is 4.79 Å². The smallest absolute Gasteiger partial charge is 0.282 e. The quantitative estimate of drug-likeness (QED) is 0.251. The van der Waals surface area contributed by atoms with Crippen LogP contribution in [0.3, 0.4) is 0 Å². The molecule has 3 rings (SSSR count). The second kappa shape index (κ2) is 12.8. The van der Waals surface area contributed by atoms with Crippen molar-refractivity contribution in [1.29, 1.82) is 0 Å². The van der Waals surface area contributed by atoms with Gasteiger partial charge in [-0.15, -0.1) is 0 Å². The van der Waals surface area contributed by atoms with Crippen LogP contribution in [0.15, 0.2) is 48.7 Å². The molecule has 0 aliphatic rings. The first-order valence-electron chi connectivity index (χ1n) is 12.7. The number of ether oxygens (including phenoxy) is 3. The first kappa shape index (κ1) is 27.5. The highest BCUT2D eigenvalue weighted by molar-refractivity contribution is 7.15. The molecule has 0 aliphatic heterocycles. The number of hydrogen-bond acceptors (Lipinski definition) is 6. The largest absolute Gasteiger partial charge is 0.494 e. The molecular formula is C29H38N2O4S. The molecule has 1 atom stereocenters. The van der Waals surface area contributed by atoms with E-state index in [2.05, 4.69) is 31.1 Å². The summed E-state index contributed by atoms with van der Waals surface area (Å²) in [5, 5.41) is 4.02. The Labute approximate surface area is 219 Å². The van der Waals surface area contributed by atoms with Crippen molar-refractivity contribution in [2.75, 3.05) is 6.61 Å². The Kier molecular flexibility index (Phi) is 9.76. The summed E-state index contributed by atoms with van der Waals surface area (Å²) >= 11 is 1.33. The number of nitrogens with zero attached hydrogens (tertiary/aromatic N) is 1. The number of carbonyl (C=O) groups excluding carboxylic acids is 1. The van der Waals surface area contributed by atoms with Gasteiger partial charge in [0.1, 0.15) is 17.2 Å². The summed E-state index contributed by atoms with van der Waals surface area (Å²) in [6.07, 6.45) is 6.25. The number of rotatable bonds is 13. The standard InChI is InChI=1S/C29H38N2O4S/c1-7-29(8-2,9-3)16-17-33-25-14-15-26(20(4)18-25)35-28-30-19-27(36-28)34-24-12-10-23(11-13-24)21(5)31-22(6)32/h10-15,18-19,21H,7-9,16-17H2,1-6H3,(H,31,32). The minimum Gasteiger partial charge on any atom is -0.494 e. The number of hydrogen-bond donors (Lipinski definition) is 1. The molecule has 0 spiro atoms. The maximum atomic E-state index is 11.3. The molecular weight excluding hydrogens is 472 g/mol. The topological polar surface area (TPSA) is 69.7 Å². The van der Waals surface area contributed by atoms with Crippen LogP contribution in [0.2, 0.25) is 0 Å². The van der Waals surface area contributed by atoms with Crippen LogP contribution >= 0.6 is 11.3 Å². The van der Waals surface area contributed by atoms with Gasteiger partial charge in [-0.05, 0) is 78.5 Å². The molecule has 0 radical (unpaired) electrons. The third kappa shape index (κ3) is 7.47. The van der Waals surface area contributed by atoms with E-state index in [1.165, 1.54) is 37.5 Å². The van der Waals surface area contributed by atoms with Crippen molar-refractivity contribution < 1.29 is 19.0 Å². The summed E-state index contributed by atoms with van der Waals surface area (Å²) in [7, 11) is 0. The lowest BCUT2D eigenvalue weighted by molar-refractivity contribution is -0.119. The van der Waals surface area contributed by atoms with Crippen LogP contribution in [-0.4, -0.2) is 17.5 Å². The van der Waals surface area contributed by atoms with Gasteiger partial charge in [0, 0.05) is 6.92 Å². The second-order valence-corrected chi connectivity index (χ2v) is 10.2. The minimum absolute atomic E-state index is 0.0561. The molecule has 2 aromatic carbocycles. The van der Waals surface area contributed by atoms with Crippen LogP contribution in [-0.2, 0) is 4.79 Å². The average molecular weight is 511 g/mol. The molecule has 0 saturated carbocycles. The molecule has 1 N–H and O–H groups in total. The summed E-state index contributed by atoms with van der Waals surface area (Å²) in [4.78, 5) is 15.6. The number of nitrogens with one attached hydrogen (secondary N) is 1. The molecule has 36 heavy (non-hydrogen) atoms. The number of amides is 1. The molecule has 0 aliphatic carbocycles. The Morgan fingerprint density at radius 1 is 1.03 bits per heavy atom. The third-order valence-electron chi connectivity index (χ3n) is 6.98. The predicted molar refractivity (Wildman–Crippen MR) is 146 cm³/mol. The maximum absolute atomic E-state index is 11.3.